The number of thiophene rings is 1. The molecular formula is C16H13N5O3S. The molecule has 9 heteroatoms. The highest BCUT2D eigenvalue weighted by Gasteiger charge is 2.12. The molecule has 4 aromatic heterocycles. The molecule has 0 saturated heterocycles. The minimum Gasteiger partial charge on any atom is -0.463 e. The Balaban J connectivity index is 1.40. The first kappa shape index (κ1) is 15.3. The van der Waals surface area contributed by atoms with Crippen LogP contribution in [0.2, 0.25) is 0 Å². The largest absolute Gasteiger partial charge is 0.463 e. The van der Waals surface area contributed by atoms with E-state index in [4.69, 9.17) is 4.42 Å². The minimum atomic E-state index is -0.327. The molecule has 1 amide bonds. The molecule has 4 heterocycles. The molecule has 0 fully saturated rings. The molecule has 8 nitrogen and oxygen atoms in total. The van der Waals surface area contributed by atoms with Gasteiger partial charge in [0, 0.05) is 19.2 Å². The van der Waals surface area contributed by atoms with Gasteiger partial charge in [-0.25, -0.2) is 4.98 Å². The van der Waals surface area contributed by atoms with E-state index in [-0.39, 0.29) is 17.2 Å². The van der Waals surface area contributed by atoms with Crippen molar-refractivity contribution < 1.29 is 9.21 Å². The van der Waals surface area contributed by atoms with Gasteiger partial charge in [-0.2, -0.15) is 5.10 Å². The van der Waals surface area contributed by atoms with E-state index < -0.39 is 0 Å². The monoisotopic (exact) mass is 355 g/mol. The molecule has 0 atom stereocenters. The molecule has 0 aromatic carbocycles. The highest BCUT2D eigenvalue weighted by atomic mass is 32.1. The Morgan fingerprint density at radius 2 is 2.32 bits per heavy atom. The quantitative estimate of drug-likeness (QED) is 0.568. The van der Waals surface area contributed by atoms with Crippen molar-refractivity contribution in [3.63, 3.8) is 0 Å². The average Bonchev–Trinajstić information content (AvgIpc) is 3.37. The molecule has 2 N–H and O–H groups in total. The number of H-pyrrole nitrogens is 1. The number of aromatic amines is 1. The first-order valence-electron chi connectivity index (χ1n) is 7.52. The van der Waals surface area contributed by atoms with Crippen LogP contribution in [0, 0.1) is 0 Å². The van der Waals surface area contributed by atoms with Gasteiger partial charge >= 0.3 is 0 Å². The van der Waals surface area contributed by atoms with Gasteiger partial charge in [-0.15, -0.1) is 11.3 Å². The van der Waals surface area contributed by atoms with E-state index in [0.29, 0.717) is 34.8 Å². The second-order valence-corrected chi connectivity index (χ2v) is 6.19. The van der Waals surface area contributed by atoms with Crippen molar-refractivity contribution in [2.75, 3.05) is 6.54 Å². The minimum absolute atomic E-state index is 0.103. The molecule has 4 aromatic rings. The summed E-state index contributed by atoms with van der Waals surface area (Å²) in [5, 5.41) is 11.3. The number of nitrogens with zero attached hydrogens (tertiary/aromatic N) is 3. The zero-order chi connectivity index (χ0) is 17.2. The van der Waals surface area contributed by atoms with Crippen molar-refractivity contribution in [1.29, 1.82) is 0 Å². The van der Waals surface area contributed by atoms with E-state index in [9.17, 15) is 9.59 Å². The van der Waals surface area contributed by atoms with E-state index in [1.165, 1.54) is 22.2 Å². The Kier molecular flexibility index (Phi) is 3.90. The maximum absolute atomic E-state index is 12.3. The fourth-order valence-corrected chi connectivity index (χ4v) is 3.21. The van der Waals surface area contributed by atoms with E-state index in [0.717, 1.165) is 0 Å². The maximum atomic E-state index is 12.3. The maximum Gasteiger partial charge on any atom is 0.271 e. The summed E-state index contributed by atoms with van der Waals surface area (Å²) >= 11 is 1.36. The predicted molar refractivity (Wildman–Crippen MR) is 92.5 cm³/mol. The summed E-state index contributed by atoms with van der Waals surface area (Å²) in [5.41, 5.74) is 1.47. The van der Waals surface area contributed by atoms with Crippen LogP contribution >= 0.6 is 11.3 Å². The molecule has 0 radical (unpaired) electrons. The molecule has 126 valence electrons. The van der Waals surface area contributed by atoms with Crippen LogP contribution in [-0.4, -0.2) is 32.2 Å². The Labute approximate surface area is 145 Å². The van der Waals surface area contributed by atoms with Gasteiger partial charge in [0.2, 0.25) is 0 Å². The Morgan fingerprint density at radius 1 is 1.40 bits per heavy atom. The lowest BCUT2D eigenvalue weighted by molar-refractivity contribution is 0.0947. The molecule has 0 saturated carbocycles. The van der Waals surface area contributed by atoms with Crippen LogP contribution in [0.25, 0.3) is 21.7 Å². The fraction of sp³-hybridized carbons (Fsp3) is 0.125. The van der Waals surface area contributed by atoms with Crippen LogP contribution in [0.5, 0.6) is 0 Å². The summed E-state index contributed by atoms with van der Waals surface area (Å²) in [6.45, 7) is 0.626. The van der Waals surface area contributed by atoms with Crippen molar-refractivity contribution in [3.05, 3.63) is 58.3 Å². The van der Waals surface area contributed by atoms with Crippen molar-refractivity contribution in [3.8, 4) is 11.5 Å². The van der Waals surface area contributed by atoms with Crippen LogP contribution < -0.4 is 10.9 Å². The van der Waals surface area contributed by atoms with Crippen LogP contribution in [0.4, 0.5) is 0 Å². The Bertz CT molecular complexity index is 1080. The van der Waals surface area contributed by atoms with Gasteiger partial charge < -0.3 is 9.73 Å². The lowest BCUT2D eigenvalue weighted by Crippen LogP contribution is -2.31. The van der Waals surface area contributed by atoms with E-state index >= 15 is 0 Å². The molecule has 0 aliphatic rings. The average molecular weight is 355 g/mol. The first-order valence-corrected chi connectivity index (χ1v) is 8.40. The summed E-state index contributed by atoms with van der Waals surface area (Å²) in [6, 6.07) is 6.95. The summed E-state index contributed by atoms with van der Waals surface area (Å²) in [6.07, 6.45) is 3.04. The number of rotatable bonds is 5. The zero-order valence-corrected chi connectivity index (χ0v) is 13.7. The standard InChI is InChI=1S/C16H13N5O3S/c22-15(12-8-11(19-20-12)13-2-1-6-24-13)17-4-5-21-9-18-10-3-7-25-14(10)16(21)23/h1-3,6-9H,4-5H2,(H,17,22)(H,19,20). The number of nitrogens with one attached hydrogen (secondary N) is 2. The molecule has 25 heavy (non-hydrogen) atoms. The third-order valence-electron chi connectivity index (χ3n) is 3.67. The number of fused-ring (bicyclic) bond motifs is 1. The third kappa shape index (κ3) is 2.96. The highest BCUT2D eigenvalue weighted by molar-refractivity contribution is 7.17. The van der Waals surface area contributed by atoms with Gasteiger partial charge in [0.1, 0.15) is 10.4 Å². The second-order valence-electron chi connectivity index (χ2n) is 5.28. The number of hydrogen-bond acceptors (Lipinski definition) is 6. The van der Waals surface area contributed by atoms with E-state index in [1.807, 2.05) is 11.4 Å². The van der Waals surface area contributed by atoms with Gasteiger partial charge in [-0.3, -0.25) is 19.3 Å². The zero-order valence-electron chi connectivity index (χ0n) is 12.9. The Hall–Kier alpha value is -3.20. The number of amides is 1. The first-order chi connectivity index (χ1) is 12.2. The molecule has 4 rings (SSSR count). The van der Waals surface area contributed by atoms with Gasteiger partial charge in [0.05, 0.1) is 18.1 Å². The van der Waals surface area contributed by atoms with Crippen molar-refractivity contribution in [2.24, 2.45) is 0 Å². The number of aromatic nitrogens is 4. The summed E-state index contributed by atoms with van der Waals surface area (Å²) in [4.78, 5) is 28.6. The number of furan rings is 1. The highest BCUT2D eigenvalue weighted by Crippen LogP contribution is 2.17. The van der Waals surface area contributed by atoms with Gasteiger partial charge in [0.25, 0.3) is 11.5 Å². The topological polar surface area (TPSA) is 106 Å². The lowest BCUT2D eigenvalue weighted by Gasteiger charge is -2.06. The predicted octanol–water partition coefficient (Wildman–Crippen LogP) is 1.87. The summed E-state index contributed by atoms with van der Waals surface area (Å²) in [7, 11) is 0. The van der Waals surface area contributed by atoms with Gasteiger partial charge in [-0.1, -0.05) is 0 Å². The normalized spacial score (nSPS) is 11.0. The van der Waals surface area contributed by atoms with Crippen molar-refractivity contribution >= 4 is 27.5 Å². The number of carbonyl (C=O) groups is 1. The van der Waals surface area contributed by atoms with Gasteiger partial charge in [0.15, 0.2) is 11.5 Å². The van der Waals surface area contributed by atoms with Crippen LogP contribution in [0.15, 0.2) is 51.4 Å². The molecule has 0 aliphatic carbocycles. The SMILES string of the molecule is O=C(NCCn1cnc2ccsc2c1=O)c1cc(-c2ccco2)[nH]n1. The summed E-state index contributed by atoms with van der Waals surface area (Å²) < 4.78 is 7.35. The van der Waals surface area contributed by atoms with Crippen LogP contribution in [0.1, 0.15) is 10.5 Å². The fourth-order valence-electron chi connectivity index (χ4n) is 2.41. The molecular weight excluding hydrogens is 342 g/mol. The Morgan fingerprint density at radius 3 is 3.16 bits per heavy atom. The van der Waals surface area contributed by atoms with Gasteiger partial charge in [-0.05, 0) is 23.6 Å². The molecule has 0 unspecified atom stereocenters. The molecule has 0 spiro atoms. The summed E-state index contributed by atoms with van der Waals surface area (Å²) in [5.74, 6) is 0.278. The smallest absolute Gasteiger partial charge is 0.271 e. The van der Waals surface area contributed by atoms with Crippen molar-refractivity contribution in [2.45, 2.75) is 6.54 Å². The second kappa shape index (κ2) is 6.36. The molecule has 0 bridgehead atoms. The lowest BCUT2D eigenvalue weighted by atomic mass is 10.3. The van der Waals surface area contributed by atoms with Crippen molar-refractivity contribution in [1.82, 2.24) is 25.1 Å². The van der Waals surface area contributed by atoms with E-state index in [2.05, 4.69) is 20.5 Å². The van der Waals surface area contributed by atoms with Crippen LogP contribution in [-0.2, 0) is 6.54 Å². The molecule has 0 aliphatic heterocycles. The van der Waals surface area contributed by atoms with E-state index in [1.54, 1.807) is 24.5 Å². The van der Waals surface area contributed by atoms with Crippen LogP contribution in [0.3, 0.4) is 0 Å². The third-order valence-corrected chi connectivity index (χ3v) is 4.56. The number of carbonyl (C=O) groups excluding carboxylic acids is 1. The number of hydrogen-bond donors (Lipinski definition) is 2.